The first-order valence-electron chi connectivity index (χ1n) is 8.18. The van der Waals surface area contributed by atoms with Crippen molar-refractivity contribution in [2.24, 2.45) is 7.05 Å². The van der Waals surface area contributed by atoms with Crippen LogP contribution in [0.2, 0.25) is 0 Å². The van der Waals surface area contributed by atoms with E-state index in [1.165, 1.54) is 4.52 Å². The molecule has 1 saturated heterocycles. The average Bonchev–Trinajstić information content (AvgIpc) is 3.07. The molecule has 0 aromatic carbocycles. The number of rotatable bonds is 3. The Bertz CT molecular complexity index is 755. The quantitative estimate of drug-likeness (QED) is 0.928. The second-order valence-corrected chi connectivity index (χ2v) is 6.06. The molecule has 1 fully saturated rings. The van der Waals surface area contributed by atoms with Crippen molar-refractivity contribution in [1.82, 2.24) is 24.4 Å². The molecule has 2 aromatic rings. The van der Waals surface area contributed by atoms with E-state index in [1.807, 2.05) is 29.5 Å². The van der Waals surface area contributed by atoms with E-state index in [4.69, 9.17) is 0 Å². The van der Waals surface area contributed by atoms with Crippen LogP contribution in [0.25, 0.3) is 5.65 Å². The number of hydrogen-bond donors (Lipinski definition) is 1. The summed E-state index contributed by atoms with van der Waals surface area (Å²) >= 11 is 0. The summed E-state index contributed by atoms with van der Waals surface area (Å²) in [5.74, 6) is 0.294. The summed E-state index contributed by atoms with van der Waals surface area (Å²) in [6.45, 7) is 4.20. The van der Waals surface area contributed by atoms with Crippen molar-refractivity contribution in [2.75, 3.05) is 19.6 Å². The highest BCUT2D eigenvalue weighted by molar-refractivity contribution is 5.74. The lowest BCUT2D eigenvalue weighted by molar-refractivity contribution is 0.180. The molecule has 0 atom stereocenters. The average molecular weight is 317 g/mol. The number of nitrogens with one attached hydrogen (secondary N) is 1. The number of amides is 2. The number of aromatic nitrogens is 3. The van der Waals surface area contributed by atoms with Crippen LogP contribution in [0.15, 0.2) is 23.1 Å². The molecule has 3 heterocycles. The molecule has 23 heavy (non-hydrogen) atoms. The van der Waals surface area contributed by atoms with E-state index >= 15 is 0 Å². The number of carbonyl (C=O) groups is 1. The van der Waals surface area contributed by atoms with Crippen LogP contribution in [0.5, 0.6) is 0 Å². The van der Waals surface area contributed by atoms with Crippen LogP contribution in [0.3, 0.4) is 0 Å². The molecule has 0 saturated carbocycles. The van der Waals surface area contributed by atoms with Gasteiger partial charge in [-0.1, -0.05) is 6.92 Å². The number of carbonyl (C=O) groups excluding carboxylic acids is 1. The van der Waals surface area contributed by atoms with E-state index in [0.717, 1.165) is 43.7 Å². The maximum atomic E-state index is 12.2. The Kier molecular flexibility index (Phi) is 4.36. The van der Waals surface area contributed by atoms with Crippen molar-refractivity contribution in [3.8, 4) is 0 Å². The fourth-order valence-corrected chi connectivity index (χ4v) is 3.25. The van der Waals surface area contributed by atoms with Gasteiger partial charge in [-0.05, 0) is 19.3 Å². The lowest BCUT2D eigenvalue weighted by atomic mass is 9.93. The third-order valence-electron chi connectivity index (χ3n) is 4.56. The first kappa shape index (κ1) is 15.6. The van der Waals surface area contributed by atoms with Crippen LogP contribution in [0.4, 0.5) is 4.79 Å². The maximum Gasteiger partial charge on any atom is 0.317 e. The van der Waals surface area contributed by atoms with Gasteiger partial charge in [0.15, 0.2) is 0 Å². The molecule has 3 rings (SSSR count). The molecule has 2 amide bonds. The molecular weight excluding hydrogens is 294 g/mol. The Labute approximate surface area is 134 Å². The minimum atomic E-state index is -0.0961. The summed E-state index contributed by atoms with van der Waals surface area (Å²) in [5.41, 5.74) is 1.73. The summed E-state index contributed by atoms with van der Waals surface area (Å²) in [6, 6.07) is 3.54. The molecule has 1 aliphatic heterocycles. The number of aryl methyl sites for hydroxylation is 1. The van der Waals surface area contributed by atoms with Crippen molar-refractivity contribution in [1.29, 1.82) is 0 Å². The smallest absolute Gasteiger partial charge is 0.317 e. The number of urea groups is 1. The van der Waals surface area contributed by atoms with Crippen LogP contribution in [0, 0.1) is 0 Å². The second kappa shape index (κ2) is 6.44. The van der Waals surface area contributed by atoms with Gasteiger partial charge in [-0.25, -0.2) is 4.79 Å². The number of likely N-dealkylation sites (tertiary alicyclic amines) is 1. The SMILES string of the molecule is CCCNC(=O)N1CCC(c2cc(=O)n3nccc3n2C)CC1. The fourth-order valence-electron chi connectivity index (χ4n) is 3.25. The summed E-state index contributed by atoms with van der Waals surface area (Å²) in [6.07, 6.45) is 4.32. The lowest BCUT2D eigenvalue weighted by Gasteiger charge is -2.33. The Hall–Kier alpha value is -2.31. The van der Waals surface area contributed by atoms with Crippen molar-refractivity contribution in [3.63, 3.8) is 0 Å². The molecule has 0 radical (unpaired) electrons. The zero-order chi connectivity index (χ0) is 16.4. The molecule has 7 heteroatoms. The van der Waals surface area contributed by atoms with Crippen molar-refractivity contribution < 1.29 is 4.79 Å². The molecule has 0 bridgehead atoms. The first-order chi connectivity index (χ1) is 11.1. The molecule has 1 aliphatic rings. The highest BCUT2D eigenvalue weighted by Gasteiger charge is 2.25. The Morgan fingerprint density at radius 3 is 2.83 bits per heavy atom. The summed E-state index contributed by atoms with van der Waals surface area (Å²) < 4.78 is 3.45. The van der Waals surface area contributed by atoms with E-state index in [-0.39, 0.29) is 11.6 Å². The summed E-state index contributed by atoms with van der Waals surface area (Å²) in [7, 11) is 1.96. The van der Waals surface area contributed by atoms with E-state index < -0.39 is 0 Å². The molecule has 2 aromatic heterocycles. The van der Waals surface area contributed by atoms with Gasteiger partial charge in [-0.2, -0.15) is 9.61 Å². The van der Waals surface area contributed by atoms with Crippen LogP contribution in [-0.2, 0) is 7.05 Å². The van der Waals surface area contributed by atoms with Gasteiger partial charge in [0.25, 0.3) is 5.56 Å². The third kappa shape index (κ3) is 2.95. The third-order valence-corrected chi connectivity index (χ3v) is 4.56. The number of fused-ring (bicyclic) bond motifs is 1. The minimum Gasteiger partial charge on any atom is -0.338 e. The number of nitrogens with zero attached hydrogens (tertiary/aromatic N) is 4. The van der Waals surface area contributed by atoms with Gasteiger partial charge in [0, 0.05) is 50.4 Å². The molecular formula is C16H23N5O2. The van der Waals surface area contributed by atoms with Crippen molar-refractivity contribution in [2.45, 2.75) is 32.1 Å². The van der Waals surface area contributed by atoms with E-state index in [0.29, 0.717) is 12.5 Å². The highest BCUT2D eigenvalue weighted by Crippen LogP contribution is 2.27. The van der Waals surface area contributed by atoms with E-state index in [2.05, 4.69) is 10.4 Å². The molecule has 7 nitrogen and oxygen atoms in total. The normalized spacial score (nSPS) is 16.0. The van der Waals surface area contributed by atoms with Crippen molar-refractivity contribution >= 4 is 11.7 Å². The van der Waals surface area contributed by atoms with Gasteiger partial charge in [-0.3, -0.25) is 4.79 Å². The van der Waals surface area contributed by atoms with E-state index in [1.54, 1.807) is 12.3 Å². The molecule has 124 valence electrons. The van der Waals surface area contributed by atoms with Gasteiger partial charge < -0.3 is 14.8 Å². The van der Waals surface area contributed by atoms with Crippen molar-refractivity contribution in [3.05, 3.63) is 34.4 Å². The van der Waals surface area contributed by atoms with Gasteiger partial charge >= 0.3 is 6.03 Å². The van der Waals surface area contributed by atoms with Gasteiger partial charge in [-0.15, -0.1) is 0 Å². The Morgan fingerprint density at radius 2 is 2.13 bits per heavy atom. The van der Waals surface area contributed by atoms with Gasteiger partial charge in [0.1, 0.15) is 5.65 Å². The molecule has 0 spiro atoms. The monoisotopic (exact) mass is 317 g/mol. The Morgan fingerprint density at radius 1 is 1.39 bits per heavy atom. The molecule has 0 unspecified atom stereocenters. The minimum absolute atomic E-state index is 0.0189. The van der Waals surface area contributed by atoms with Gasteiger partial charge in [0.05, 0.1) is 6.20 Å². The van der Waals surface area contributed by atoms with Gasteiger partial charge in [0.2, 0.25) is 0 Å². The maximum absolute atomic E-state index is 12.2. The fraction of sp³-hybridized carbons (Fsp3) is 0.562. The number of piperidine rings is 1. The van der Waals surface area contributed by atoms with Crippen LogP contribution >= 0.6 is 0 Å². The highest BCUT2D eigenvalue weighted by atomic mass is 16.2. The standard InChI is InChI=1S/C16H23N5O2/c1-3-7-17-16(23)20-9-5-12(6-10-20)13-11-15(22)21-14(19(13)2)4-8-18-21/h4,8,11-12H,3,5-7,9-10H2,1-2H3,(H,17,23). The predicted octanol–water partition coefficient (Wildman–Crippen LogP) is 1.33. The predicted molar refractivity (Wildman–Crippen MR) is 87.7 cm³/mol. The van der Waals surface area contributed by atoms with E-state index in [9.17, 15) is 9.59 Å². The second-order valence-electron chi connectivity index (χ2n) is 6.06. The zero-order valence-electron chi connectivity index (χ0n) is 13.7. The molecule has 0 aliphatic carbocycles. The number of hydrogen-bond acceptors (Lipinski definition) is 3. The van der Waals surface area contributed by atoms with Crippen LogP contribution in [-0.4, -0.2) is 44.7 Å². The van der Waals surface area contributed by atoms with Crippen LogP contribution < -0.4 is 10.9 Å². The molecule has 1 N–H and O–H groups in total. The summed E-state index contributed by atoms with van der Waals surface area (Å²) in [5, 5.41) is 6.97. The first-order valence-corrected chi connectivity index (χ1v) is 8.18. The zero-order valence-corrected chi connectivity index (χ0v) is 13.7. The largest absolute Gasteiger partial charge is 0.338 e. The lowest BCUT2D eigenvalue weighted by Crippen LogP contribution is -2.44. The summed E-state index contributed by atoms with van der Waals surface area (Å²) in [4.78, 5) is 26.0. The van der Waals surface area contributed by atoms with Crippen LogP contribution in [0.1, 0.15) is 37.8 Å². The Balaban J connectivity index is 1.74. The topological polar surface area (TPSA) is 71.6 Å².